The summed E-state index contributed by atoms with van der Waals surface area (Å²) < 4.78 is 33.6. The first kappa shape index (κ1) is 106. The number of aryl methyl sites for hydroxylation is 2. The van der Waals surface area contributed by atoms with Crippen LogP contribution in [-0.2, 0) is 70.0 Å². The summed E-state index contributed by atoms with van der Waals surface area (Å²) >= 11 is 0. The molecule has 6 aliphatic rings. The maximum absolute atomic E-state index is 13.2. The SMILES string of the molecule is C.CC(C)OC(=O)C(CCCOC(=O)CCCCOC(=O)C(CCCO)CCC1C/C=C/CCCC1)CCC1C/C=C/CCCC1.CC(C)OC(=O)C(CCCOC(=O)CCCCOC(=O)C(CCCO)CCC1CCCCC2=C(C(C)C)NN=CC2C1)CCC1CCCCC2=CNN=C(C(C)C)C2C1.c1nnc(CCCCCCc2nncnn2)nn1. The van der Waals surface area contributed by atoms with Gasteiger partial charge in [0.05, 0.1) is 62.3 Å². The Morgan fingerprint density at radius 1 is 0.447 bits per heavy atom. The van der Waals surface area contributed by atoms with E-state index in [2.05, 4.69) is 126 Å². The highest BCUT2D eigenvalue weighted by molar-refractivity contribution is 5.91. The summed E-state index contributed by atoms with van der Waals surface area (Å²) in [6, 6.07) is 0. The Morgan fingerprint density at radius 3 is 1.34 bits per heavy atom. The van der Waals surface area contributed by atoms with Crippen molar-refractivity contribution in [2.75, 3.05) is 39.6 Å². The Hall–Kier alpha value is -7.48. The number of aromatic nitrogens is 8. The molecule has 26 nitrogen and oxygen atoms in total. The minimum absolute atomic E-state index is 0. The Kier molecular flexibility index (Phi) is 56.2. The molecule has 0 saturated heterocycles. The van der Waals surface area contributed by atoms with Crippen molar-refractivity contribution < 1.29 is 67.4 Å². The van der Waals surface area contributed by atoms with Crippen molar-refractivity contribution in [3.05, 3.63) is 71.7 Å². The predicted molar refractivity (Wildman–Crippen MR) is 482 cm³/mol. The number of carbonyl (C=O) groups excluding carboxylic acids is 6. The summed E-state index contributed by atoms with van der Waals surface area (Å²) in [5, 5.41) is 58.3. The van der Waals surface area contributed by atoms with Gasteiger partial charge in [-0.2, -0.15) is 10.2 Å². The van der Waals surface area contributed by atoms with Crippen LogP contribution < -0.4 is 10.9 Å². The summed E-state index contributed by atoms with van der Waals surface area (Å²) in [6.45, 7) is 17.7. The Morgan fingerprint density at radius 2 is 0.878 bits per heavy atom. The van der Waals surface area contributed by atoms with E-state index in [1.807, 2.05) is 27.7 Å². The highest BCUT2D eigenvalue weighted by atomic mass is 16.6. The molecule has 2 aliphatic heterocycles. The number of nitrogens with zero attached hydrogens (tertiary/aromatic N) is 10. The fraction of sp³-hybridized carbons (Fsp3) is 0.794. The van der Waals surface area contributed by atoms with Gasteiger partial charge in [0.15, 0.2) is 24.3 Å². The van der Waals surface area contributed by atoms with Gasteiger partial charge in [-0.1, -0.05) is 124 Å². The minimum Gasteiger partial charge on any atom is -0.466 e. The number of hydrogen-bond donors (Lipinski definition) is 4. The van der Waals surface area contributed by atoms with Crippen molar-refractivity contribution in [3.8, 4) is 0 Å². The van der Waals surface area contributed by atoms with Gasteiger partial charge in [-0.15, -0.1) is 40.8 Å². The van der Waals surface area contributed by atoms with Crippen molar-refractivity contribution in [1.29, 1.82) is 0 Å². The third-order valence-electron chi connectivity index (χ3n) is 24.7. The molecule has 0 amide bonds. The van der Waals surface area contributed by atoms with Gasteiger partial charge < -0.3 is 38.6 Å². The van der Waals surface area contributed by atoms with Gasteiger partial charge in [-0.3, -0.25) is 39.6 Å². The van der Waals surface area contributed by atoms with Crippen LogP contribution in [0.25, 0.3) is 0 Å². The molecule has 0 aromatic carbocycles. The van der Waals surface area contributed by atoms with Gasteiger partial charge in [0, 0.05) is 74.6 Å². The number of aliphatic hydroxyl groups is 2. The van der Waals surface area contributed by atoms with E-state index in [-0.39, 0.29) is 118 Å². The second kappa shape index (κ2) is 65.1. The van der Waals surface area contributed by atoms with Gasteiger partial charge in [-0.05, 0) is 293 Å². The molecule has 123 heavy (non-hydrogen) atoms. The van der Waals surface area contributed by atoms with Crippen LogP contribution in [0, 0.1) is 71.0 Å². The Bertz CT molecular complexity index is 3370. The molecule has 26 heteroatoms. The maximum Gasteiger partial charge on any atom is 0.309 e. The second-order valence-electron chi connectivity index (χ2n) is 36.2. The van der Waals surface area contributed by atoms with Crippen LogP contribution in [0.3, 0.4) is 0 Å². The van der Waals surface area contributed by atoms with Gasteiger partial charge in [0.1, 0.15) is 0 Å². The average Bonchev–Trinajstić information content (AvgIpc) is 0.824. The zero-order chi connectivity index (χ0) is 87.6. The van der Waals surface area contributed by atoms with Gasteiger partial charge in [-0.25, -0.2) is 0 Å². The van der Waals surface area contributed by atoms with Crippen LogP contribution in [-0.4, -0.2) is 151 Å². The number of hydrazone groups is 2. The number of aliphatic hydroxyl groups excluding tert-OH is 2. The summed E-state index contributed by atoms with van der Waals surface area (Å²) in [7, 11) is 0. The first-order valence-corrected chi connectivity index (χ1v) is 47.9. The van der Waals surface area contributed by atoms with Crippen LogP contribution in [0.4, 0.5) is 0 Å². The molecule has 2 aromatic heterocycles. The summed E-state index contributed by atoms with van der Waals surface area (Å²) in [4.78, 5) is 76.9. The van der Waals surface area contributed by atoms with Gasteiger partial charge in [0.25, 0.3) is 0 Å². The fourth-order valence-corrected chi connectivity index (χ4v) is 17.8. The number of fused-ring (bicyclic) bond motifs is 2. The van der Waals surface area contributed by atoms with Crippen molar-refractivity contribution in [2.24, 2.45) is 81.2 Å². The molecule has 10 atom stereocenters. The Balaban J connectivity index is 0.000000368. The number of esters is 6. The second-order valence-corrected chi connectivity index (χ2v) is 36.2. The molecule has 4 heterocycles. The van der Waals surface area contributed by atoms with Gasteiger partial charge >= 0.3 is 35.8 Å². The van der Waals surface area contributed by atoms with E-state index >= 15 is 0 Å². The summed E-state index contributed by atoms with van der Waals surface area (Å²) in [6.07, 6.45) is 60.1. The largest absolute Gasteiger partial charge is 0.466 e. The topological polar surface area (TPSA) is 350 Å². The van der Waals surface area contributed by atoms with Crippen LogP contribution >= 0.6 is 0 Å². The van der Waals surface area contributed by atoms with E-state index in [0.717, 1.165) is 128 Å². The number of unbranched alkanes of at least 4 members (excludes halogenated alkanes) is 5. The maximum atomic E-state index is 13.2. The van der Waals surface area contributed by atoms with E-state index in [1.165, 1.54) is 125 Å². The van der Waals surface area contributed by atoms with E-state index in [1.54, 1.807) is 0 Å². The number of nitrogens with one attached hydrogen (secondary N) is 2. The molecule has 2 aromatic rings. The van der Waals surface area contributed by atoms with E-state index in [4.69, 9.17) is 28.4 Å². The molecule has 10 unspecified atom stereocenters. The highest BCUT2D eigenvalue weighted by Crippen LogP contribution is 2.40. The molecule has 0 spiro atoms. The van der Waals surface area contributed by atoms with Crippen LogP contribution in [0.1, 0.15) is 370 Å². The summed E-state index contributed by atoms with van der Waals surface area (Å²) in [5.74, 6) is 3.28. The lowest BCUT2D eigenvalue weighted by molar-refractivity contribution is -0.154. The van der Waals surface area contributed by atoms with Crippen molar-refractivity contribution in [1.82, 2.24) is 51.6 Å². The third-order valence-corrected chi connectivity index (χ3v) is 24.7. The van der Waals surface area contributed by atoms with E-state index in [9.17, 15) is 39.0 Å². The fourth-order valence-electron chi connectivity index (χ4n) is 17.8. The minimum atomic E-state index is -0.266. The molecular weight excluding hydrogens is 1560 g/mol. The normalized spacial score (nSPS) is 20.7. The molecule has 2 saturated carbocycles. The van der Waals surface area contributed by atoms with Crippen molar-refractivity contribution in [3.63, 3.8) is 0 Å². The molecule has 2 fully saturated rings. The number of allylic oxidation sites excluding steroid dienone is 7. The zero-order valence-electron chi connectivity index (χ0n) is 76.2. The molecule has 8 rings (SSSR count). The predicted octanol–water partition coefficient (Wildman–Crippen LogP) is 19.6. The van der Waals surface area contributed by atoms with Crippen LogP contribution in [0.5, 0.6) is 0 Å². The number of ether oxygens (including phenoxy) is 6. The van der Waals surface area contributed by atoms with E-state index < -0.39 is 0 Å². The first-order chi connectivity index (χ1) is 59.3. The molecule has 4 aliphatic carbocycles. The van der Waals surface area contributed by atoms with Crippen molar-refractivity contribution in [2.45, 2.75) is 383 Å². The smallest absolute Gasteiger partial charge is 0.309 e. The summed E-state index contributed by atoms with van der Waals surface area (Å²) in [5.41, 5.74) is 11.9. The average molecular weight is 1720 g/mol. The zero-order valence-corrected chi connectivity index (χ0v) is 76.2. The number of rotatable bonds is 51. The lowest BCUT2D eigenvalue weighted by atomic mass is 9.74. The molecule has 0 radical (unpaired) electrons. The van der Waals surface area contributed by atoms with Crippen LogP contribution in [0.15, 0.2) is 70.2 Å². The number of carbonyl (C=O) groups is 6. The number of hydrogen-bond acceptors (Lipinski definition) is 26. The van der Waals surface area contributed by atoms with Crippen LogP contribution in [0.2, 0.25) is 0 Å². The highest BCUT2D eigenvalue weighted by Gasteiger charge is 2.34. The lowest BCUT2D eigenvalue weighted by Gasteiger charge is -2.33. The Labute approximate surface area is 738 Å². The lowest BCUT2D eigenvalue weighted by Crippen LogP contribution is -2.31. The van der Waals surface area contributed by atoms with E-state index in [0.29, 0.717) is 149 Å². The molecular formula is C97H162N12O14. The standard InChI is InChI=1S/C48H80N4O7.C38H64O7.C10H14N8.CH4/c1-33(2)45-42-20-10-8-15-36(29-41(42)32-50-51-45)22-24-38(18-13-26-53)47(55)58-27-12-11-21-44(54)57-28-14-19-39(48(56)59-35(5)6)25-23-37-16-7-9-17-40-31-49-52-46(34(3)4)43(40)30-37;1-31(2)45-38(42)35(27-25-33-19-11-7-4-8-12-20-33)22-16-30-43-36(40)23-13-14-29-44-37(41)34(21-15-28-39)26-24-32-17-9-5-3-6-10-18-32;1(3-5-9-15-11-7-12-16-9)2-4-6-10-17-13-8-14-18-10;/h31-39,41,43,49,51,53H,7-30H2,1-6H3;5,7,9,11,31-35,39H,3-4,6,8,10,12-30H2,1-2H3;7-8H,1-6H2;1H4/b;9-5+,11-7+;;. The first-order valence-electron chi connectivity index (χ1n) is 47.9. The molecule has 0 bridgehead atoms. The molecule has 694 valence electrons. The van der Waals surface area contributed by atoms with Gasteiger partial charge in [0.2, 0.25) is 0 Å². The monoisotopic (exact) mass is 1720 g/mol. The quantitative estimate of drug-likeness (QED) is 0.0207. The molecule has 4 N–H and O–H groups in total. The third kappa shape index (κ3) is 46.0. The van der Waals surface area contributed by atoms with Crippen molar-refractivity contribution >= 4 is 47.7 Å².